The summed E-state index contributed by atoms with van der Waals surface area (Å²) in [4.78, 5) is 26.0. The van der Waals surface area contributed by atoms with E-state index < -0.39 is 59.6 Å². The number of fused-ring (bicyclic) bond motifs is 4. The minimum absolute atomic E-state index is 0.0217. The predicted molar refractivity (Wildman–Crippen MR) is 148 cm³/mol. The average Bonchev–Trinajstić information content (AvgIpc) is 3.96. The molecular formula is C31H39N3O12. The van der Waals surface area contributed by atoms with Crippen LogP contribution in [0.3, 0.4) is 0 Å². The molecule has 0 bridgehead atoms. The molecule has 15 heteroatoms. The molecule has 9 rings (SSSR count). The third-order valence-corrected chi connectivity index (χ3v) is 12.5. The van der Waals surface area contributed by atoms with Gasteiger partial charge in [-0.2, -0.15) is 0 Å². The molecule has 8 aliphatic rings. The summed E-state index contributed by atoms with van der Waals surface area (Å²) in [6, 6.07) is 0. The fraction of sp³-hybridized carbons (Fsp3) is 0.806. The first-order valence-electron chi connectivity index (χ1n) is 16.3. The van der Waals surface area contributed by atoms with Gasteiger partial charge in [-0.15, -0.1) is 5.10 Å². The van der Waals surface area contributed by atoms with Crippen LogP contribution in [-0.2, 0) is 51.0 Å². The molecule has 5 aliphatic heterocycles. The van der Waals surface area contributed by atoms with Crippen LogP contribution < -0.4 is 0 Å². The third-order valence-electron chi connectivity index (χ3n) is 12.5. The van der Waals surface area contributed by atoms with Gasteiger partial charge >= 0.3 is 11.9 Å². The van der Waals surface area contributed by atoms with Crippen LogP contribution in [0.25, 0.3) is 0 Å². The minimum Gasteiger partial charge on any atom is -0.458 e. The summed E-state index contributed by atoms with van der Waals surface area (Å²) < 4.78 is 38.3. The number of hydrogen-bond donors (Lipinski definition) is 4. The third kappa shape index (κ3) is 3.50. The second-order valence-corrected chi connectivity index (χ2v) is 14.8. The zero-order valence-corrected chi connectivity index (χ0v) is 25.8. The SMILES string of the molecule is CC(C)[C@]12O[C@H]1[C@@H]1O[C@]13[C@]1(O[C@H]1C[C@H]1C4=C(CC[C@@]13C)C(=O)OC4)[C@@H]2OC(=O)CCc1cn(C[C@H]2OC(O)[C@H](O)[C@@H](O)[C@@H]2O)nn1. The second-order valence-electron chi connectivity index (χ2n) is 14.8. The summed E-state index contributed by atoms with van der Waals surface area (Å²) in [6.07, 6.45) is -4.66. The van der Waals surface area contributed by atoms with Gasteiger partial charge in [-0.3, -0.25) is 4.79 Å². The first kappa shape index (κ1) is 29.6. The number of hydrogen-bond acceptors (Lipinski definition) is 14. The van der Waals surface area contributed by atoms with Crippen LogP contribution in [0, 0.1) is 17.3 Å². The van der Waals surface area contributed by atoms with Crippen molar-refractivity contribution in [1.29, 1.82) is 0 Å². The molecule has 4 N–H and O–H groups in total. The van der Waals surface area contributed by atoms with E-state index in [2.05, 4.69) is 31.1 Å². The molecule has 0 aromatic carbocycles. The standard InChI is InChI=1S/C31H39N3O12/c1-12(2)29-23(45-29)24-31(46-24)28(3)7-6-14-15(11-41-25(14)39)16(28)8-18-30(31,44-18)27(29)43-19(35)5-4-13-9-34(33-32-13)10-17-20(36)21(37)22(38)26(40)42-17/h9,12,16-18,20-24,26-27,36-38,40H,4-8,10-11H2,1-3H3/t16-,17+,18-,20+,21-,22+,23-,24-,26?,27+,28-,29-,30+,31+/m0/s1. The molecule has 1 aromatic rings. The smallest absolute Gasteiger partial charge is 0.334 e. The number of esters is 2. The van der Waals surface area contributed by atoms with Gasteiger partial charge in [0.1, 0.15) is 54.4 Å². The maximum atomic E-state index is 13.6. The number of carbonyl (C=O) groups excluding carboxylic acids is 2. The number of carbonyl (C=O) groups is 2. The molecule has 0 amide bonds. The lowest BCUT2D eigenvalue weighted by atomic mass is 9.46. The molecule has 0 radical (unpaired) electrons. The Kier molecular flexibility index (Phi) is 6.02. The molecule has 4 saturated heterocycles. The highest BCUT2D eigenvalue weighted by Gasteiger charge is 3.01. The van der Waals surface area contributed by atoms with Crippen molar-refractivity contribution in [2.24, 2.45) is 17.3 Å². The quantitative estimate of drug-likeness (QED) is 0.200. The van der Waals surface area contributed by atoms with E-state index in [-0.39, 0.29) is 60.9 Å². The Morgan fingerprint density at radius 3 is 2.72 bits per heavy atom. The lowest BCUT2D eigenvalue weighted by Gasteiger charge is -2.53. The number of aromatic nitrogens is 3. The van der Waals surface area contributed by atoms with Crippen molar-refractivity contribution in [1.82, 2.24) is 15.0 Å². The molecule has 2 saturated carbocycles. The van der Waals surface area contributed by atoms with Crippen molar-refractivity contribution >= 4 is 11.9 Å². The summed E-state index contributed by atoms with van der Waals surface area (Å²) in [5, 5.41) is 47.9. The number of ether oxygens (including phenoxy) is 6. The van der Waals surface area contributed by atoms with E-state index in [1.807, 2.05) is 0 Å². The average molecular weight is 646 g/mol. The Morgan fingerprint density at radius 2 is 1.93 bits per heavy atom. The number of aliphatic hydroxyl groups is 4. The van der Waals surface area contributed by atoms with Crippen LogP contribution in [0.15, 0.2) is 17.3 Å². The highest BCUT2D eigenvalue weighted by molar-refractivity contribution is 5.92. The molecular weight excluding hydrogens is 606 g/mol. The second kappa shape index (κ2) is 9.35. The van der Waals surface area contributed by atoms with Crippen molar-refractivity contribution in [2.75, 3.05) is 6.61 Å². The summed E-state index contributed by atoms with van der Waals surface area (Å²) in [7, 11) is 0. The van der Waals surface area contributed by atoms with Gasteiger partial charge in [0.15, 0.2) is 18.0 Å². The molecule has 1 aromatic heterocycles. The Labute approximate surface area is 263 Å². The van der Waals surface area contributed by atoms with E-state index in [1.54, 1.807) is 6.20 Å². The molecule has 3 aliphatic carbocycles. The fourth-order valence-corrected chi connectivity index (χ4v) is 10.1. The lowest BCUT2D eigenvalue weighted by Crippen LogP contribution is -2.70. The molecule has 2 spiro atoms. The monoisotopic (exact) mass is 645 g/mol. The topological polar surface area (TPSA) is 211 Å². The summed E-state index contributed by atoms with van der Waals surface area (Å²) in [5.41, 5.74) is -0.195. The number of cyclic esters (lactones) is 1. The zero-order valence-electron chi connectivity index (χ0n) is 25.8. The Morgan fingerprint density at radius 1 is 1.13 bits per heavy atom. The van der Waals surface area contributed by atoms with E-state index in [0.717, 1.165) is 17.6 Å². The molecule has 6 fully saturated rings. The summed E-state index contributed by atoms with van der Waals surface area (Å²) >= 11 is 0. The highest BCUT2D eigenvalue weighted by atomic mass is 16.8. The van der Waals surface area contributed by atoms with E-state index in [1.165, 1.54) is 4.68 Å². The van der Waals surface area contributed by atoms with Crippen molar-refractivity contribution in [2.45, 2.75) is 131 Å². The minimum atomic E-state index is -1.65. The normalized spacial score (nSPS) is 50.8. The van der Waals surface area contributed by atoms with Crippen molar-refractivity contribution < 1.29 is 58.4 Å². The molecule has 14 atom stereocenters. The van der Waals surface area contributed by atoms with E-state index in [0.29, 0.717) is 25.1 Å². The Balaban J connectivity index is 0.924. The summed E-state index contributed by atoms with van der Waals surface area (Å²) in [5.74, 6) is -0.518. The number of aryl methyl sites for hydroxylation is 1. The van der Waals surface area contributed by atoms with Crippen LogP contribution in [0.4, 0.5) is 0 Å². The van der Waals surface area contributed by atoms with E-state index in [9.17, 15) is 30.0 Å². The number of aliphatic hydroxyl groups excluding tert-OH is 4. The van der Waals surface area contributed by atoms with Gasteiger partial charge in [-0.1, -0.05) is 26.0 Å². The van der Waals surface area contributed by atoms with Gasteiger partial charge in [-0.05, 0) is 36.7 Å². The number of nitrogens with zero attached hydrogens (tertiary/aromatic N) is 3. The zero-order chi connectivity index (χ0) is 32.1. The molecule has 6 heterocycles. The first-order valence-corrected chi connectivity index (χ1v) is 16.3. The van der Waals surface area contributed by atoms with Gasteiger partial charge in [0.05, 0.1) is 24.8 Å². The predicted octanol–water partition coefficient (Wildman–Crippen LogP) is -1.32. The van der Waals surface area contributed by atoms with Gasteiger partial charge in [-0.25, -0.2) is 9.48 Å². The Hall–Kier alpha value is -2.50. The first-order chi connectivity index (χ1) is 21.9. The largest absolute Gasteiger partial charge is 0.458 e. The summed E-state index contributed by atoms with van der Waals surface area (Å²) in [6.45, 7) is 6.65. The van der Waals surface area contributed by atoms with Crippen molar-refractivity contribution in [3.8, 4) is 0 Å². The van der Waals surface area contributed by atoms with Crippen LogP contribution in [-0.4, -0.2) is 126 Å². The van der Waals surface area contributed by atoms with E-state index in [4.69, 9.17) is 28.4 Å². The van der Waals surface area contributed by atoms with Gasteiger partial charge < -0.3 is 48.8 Å². The Bertz CT molecular complexity index is 1550. The molecule has 250 valence electrons. The van der Waals surface area contributed by atoms with Gasteiger partial charge in [0.25, 0.3) is 0 Å². The van der Waals surface area contributed by atoms with Crippen molar-refractivity contribution in [3.63, 3.8) is 0 Å². The van der Waals surface area contributed by atoms with Gasteiger partial charge in [0.2, 0.25) is 0 Å². The van der Waals surface area contributed by atoms with Crippen LogP contribution in [0.5, 0.6) is 0 Å². The van der Waals surface area contributed by atoms with Gasteiger partial charge in [0, 0.05) is 23.6 Å². The maximum Gasteiger partial charge on any atom is 0.334 e. The van der Waals surface area contributed by atoms with Crippen molar-refractivity contribution in [3.05, 3.63) is 23.0 Å². The van der Waals surface area contributed by atoms with E-state index >= 15 is 0 Å². The molecule has 1 unspecified atom stereocenters. The maximum absolute atomic E-state index is 13.6. The molecule has 46 heavy (non-hydrogen) atoms. The lowest BCUT2D eigenvalue weighted by molar-refractivity contribution is -0.284. The highest BCUT2D eigenvalue weighted by Crippen LogP contribution is 2.83. The number of rotatable bonds is 7. The fourth-order valence-electron chi connectivity index (χ4n) is 10.1. The number of epoxide rings is 3. The molecule has 15 nitrogen and oxygen atoms in total. The van der Waals surface area contributed by atoms with Crippen LogP contribution >= 0.6 is 0 Å². The van der Waals surface area contributed by atoms with Crippen LogP contribution in [0.1, 0.15) is 52.1 Å². The van der Waals surface area contributed by atoms with Crippen LogP contribution in [0.2, 0.25) is 0 Å².